The van der Waals surface area contributed by atoms with E-state index < -0.39 is 40.6 Å². The monoisotopic (exact) mass is 806 g/mol. The Morgan fingerprint density at radius 1 is 0.685 bits per heavy atom. The van der Waals surface area contributed by atoms with E-state index in [0.717, 1.165) is 6.92 Å². The molecule has 2 N–H and O–H groups in total. The zero-order valence-electron chi connectivity index (χ0n) is 30.4. The fourth-order valence-electron chi connectivity index (χ4n) is 5.27. The number of carbonyl (C=O) groups is 6. The maximum atomic E-state index is 13.0. The second kappa shape index (κ2) is 17.7. The van der Waals surface area contributed by atoms with Gasteiger partial charge in [0.15, 0.2) is 11.2 Å². The average molecular weight is 808 g/mol. The van der Waals surface area contributed by atoms with E-state index in [4.69, 9.17) is 28.4 Å². The second-order valence-corrected chi connectivity index (χ2v) is 12.9. The molecule has 0 saturated heterocycles. The zero-order valence-corrected chi connectivity index (χ0v) is 32.0. The molecule has 3 aromatic rings. The van der Waals surface area contributed by atoms with Crippen molar-refractivity contribution >= 4 is 51.2 Å². The summed E-state index contributed by atoms with van der Waals surface area (Å²) in [7, 11) is 3.02. The van der Waals surface area contributed by atoms with Gasteiger partial charge in [-0.1, -0.05) is 58.4 Å². The molecule has 0 radical (unpaired) electrons. The molecular formula is C39H39BrN2O12. The molecule has 54 heavy (non-hydrogen) atoms. The Morgan fingerprint density at radius 3 is 1.57 bits per heavy atom. The number of rotatable bonds is 12. The van der Waals surface area contributed by atoms with E-state index in [1.165, 1.54) is 28.1 Å². The van der Waals surface area contributed by atoms with Gasteiger partial charge in [0.25, 0.3) is 17.5 Å². The number of nitrogens with one attached hydrogen (secondary N) is 2. The fraction of sp³-hybridized carbons (Fsp3) is 0.282. The van der Waals surface area contributed by atoms with Crippen LogP contribution < -0.4 is 20.1 Å². The molecular weight excluding hydrogens is 768 g/mol. The molecule has 14 nitrogen and oxygen atoms in total. The van der Waals surface area contributed by atoms with Crippen LogP contribution in [0.2, 0.25) is 0 Å². The highest BCUT2D eigenvalue weighted by atomic mass is 79.9. The van der Waals surface area contributed by atoms with Crippen LogP contribution >= 0.6 is 15.9 Å². The number of amides is 2. The summed E-state index contributed by atoms with van der Waals surface area (Å²) in [6.07, 6.45) is 0.846. The average Bonchev–Trinajstić information content (AvgIpc) is 3.54. The Morgan fingerprint density at radius 2 is 1.15 bits per heavy atom. The van der Waals surface area contributed by atoms with Crippen LogP contribution in [-0.4, -0.2) is 54.9 Å². The van der Waals surface area contributed by atoms with E-state index in [1.54, 1.807) is 85.8 Å². The molecule has 2 unspecified atom stereocenters. The number of ketones is 2. The van der Waals surface area contributed by atoms with Crippen molar-refractivity contribution in [1.29, 1.82) is 0 Å². The topological polar surface area (TPSA) is 182 Å². The van der Waals surface area contributed by atoms with Gasteiger partial charge in [0, 0.05) is 42.3 Å². The molecule has 15 heteroatoms. The highest BCUT2D eigenvalue weighted by Crippen LogP contribution is 2.41. The first-order valence-corrected chi connectivity index (χ1v) is 17.6. The lowest BCUT2D eigenvalue weighted by Crippen LogP contribution is -2.32. The minimum Gasteiger partial charge on any atom is -0.497 e. The summed E-state index contributed by atoms with van der Waals surface area (Å²) >= 11 is 3.25. The van der Waals surface area contributed by atoms with Crippen LogP contribution in [0.25, 0.3) is 0 Å². The Labute approximate surface area is 319 Å². The molecule has 284 valence electrons. The molecule has 0 fully saturated rings. The van der Waals surface area contributed by atoms with Crippen LogP contribution in [0.4, 0.5) is 0 Å². The normalized spacial score (nSPS) is 18.8. The van der Waals surface area contributed by atoms with Gasteiger partial charge < -0.3 is 28.4 Å². The first-order chi connectivity index (χ1) is 25.7. The molecule has 3 aromatic carbocycles. The summed E-state index contributed by atoms with van der Waals surface area (Å²) in [6, 6.07) is 22.0. The molecule has 5 rings (SSSR count). The van der Waals surface area contributed by atoms with Crippen molar-refractivity contribution in [3.63, 3.8) is 0 Å². The SMILES string of the molecule is COc1cccc(C2(C)OC(NC(=O)CCCBr)=C(OC(C)=O)C2=O)c1.COc1cccc(C2(C)OC(NC(=O)c3ccccc3)=C(OC(C)=O)C2=O)c1. The second-order valence-electron chi connectivity index (χ2n) is 12.1. The summed E-state index contributed by atoms with van der Waals surface area (Å²) in [5.41, 5.74) is -1.57. The van der Waals surface area contributed by atoms with Crippen molar-refractivity contribution in [1.82, 2.24) is 10.6 Å². The predicted molar refractivity (Wildman–Crippen MR) is 196 cm³/mol. The van der Waals surface area contributed by atoms with Crippen molar-refractivity contribution in [2.75, 3.05) is 19.5 Å². The first-order valence-electron chi connectivity index (χ1n) is 16.5. The van der Waals surface area contributed by atoms with Gasteiger partial charge in [-0.05, 0) is 56.7 Å². The highest BCUT2D eigenvalue weighted by molar-refractivity contribution is 9.09. The lowest BCUT2D eigenvalue weighted by Gasteiger charge is -2.24. The summed E-state index contributed by atoms with van der Waals surface area (Å²) in [4.78, 5) is 73.4. The fourth-order valence-corrected chi connectivity index (χ4v) is 5.55. The van der Waals surface area contributed by atoms with Crippen LogP contribution in [0.5, 0.6) is 11.5 Å². The van der Waals surface area contributed by atoms with Crippen LogP contribution in [0, 0.1) is 0 Å². The molecule has 0 aromatic heterocycles. The molecule has 2 heterocycles. The molecule has 2 amide bonds. The van der Waals surface area contributed by atoms with Crippen LogP contribution in [0.15, 0.2) is 102 Å². The number of Topliss-reactive ketones (excluding diaryl/α,β-unsaturated/α-hetero) is 2. The van der Waals surface area contributed by atoms with Gasteiger partial charge in [-0.15, -0.1) is 0 Å². The summed E-state index contributed by atoms with van der Waals surface area (Å²) in [6.45, 7) is 5.42. The molecule has 2 atom stereocenters. The Hall–Kier alpha value is -5.96. The van der Waals surface area contributed by atoms with Crippen molar-refractivity contribution in [3.8, 4) is 11.5 Å². The van der Waals surface area contributed by atoms with Gasteiger partial charge in [-0.3, -0.25) is 39.4 Å². The molecule has 2 aliphatic rings. The highest BCUT2D eigenvalue weighted by Gasteiger charge is 2.51. The number of hydrogen-bond acceptors (Lipinski definition) is 12. The van der Waals surface area contributed by atoms with E-state index in [9.17, 15) is 28.8 Å². The van der Waals surface area contributed by atoms with Gasteiger partial charge in [0.2, 0.25) is 29.2 Å². The third-order valence-electron chi connectivity index (χ3n) is 8.09. The van der Waals surface area contributed by atoms with Crippen molar-refractivity contribution in [2.24, 2.45) is 0 Å². The van der Waals surface area contributed by atoms with E-state index in [0.29, 0.717) is 39.9 Å². The predicted octanol–water partition coefficient (Wildman–Crippen LogP) is 5.21. The van der Waals surface area contributed by atoms with Crippen LogP contribution in [0.3, 0.4) is 0 Å². The van der Waals surface area contributed by atoms with E-state index in [-0.39, 0.29) is 35.6 Å². The largest absolute Gasteiger partial charge is 0.497 e. The number of alkyl halides is 1. The van der Waals surface area contributed by atoms with Gasteiger partial charge in [0.05, 0.1) is 14.2 Å². The van der Waals surface area contributed by atoms with Gasteiger partial charge in [-0.2, -0.15) is 0 Å². The minimum absolute atomic E-state index is 0.157. The Bertz CT molecular complexity index is 2010. The number of esters is 2. The maximum Gasteiger partial charge on any atom is 0.308 e. The number of carbonyl (C=O) groups excluding carboxylic acids is 6. The van der Waals surface area contributed by atoms with Gasteiger partial charge in [0.1, 0.15) is 11.5 Å². The zero-order chi connectivity index (χ0) is 39.6. The molecule has 0 spiro atoms. The van der Waals surface area contributed by atoms with Gasteiger partial charge >= 0.3 is 11.9 Å². The number of ether oxygens (including phenoxy) is 6. The molecule has 2 aliphatic heterocycles. The van der Waals surface area contributed by atoms with Crippen LogP contribution in [-0.2, 0) is 54.1 Å². The quantitative estimate of drug-likeness (QED) is 0.181. The van der Waals surface area contributed by atoms with Crippen molar-refractivity contribution in [3.05, 3.63) is 119 Å². The summed E-state index contributed by atoms with van der Waals surface area (Å²) < 4.78 is 32.1. The summed E-state index contributed by atoms with van der Waals surface area (Å²) in [5, 5.41) is 5.71. The molecule has 0 bridgehead atoms. The molecule has 0 saturated carbocycles. The number of hydrogen-bond donors (Lipinski definition) is 2. The van der Waals surface area contributed by atoms with E-state index in [2.05, 4.69) is 26.6 Å². The lowest BCUT2D eigenvalue weighted by molar-refractivity contribution is -0.142. The maximum absolute atomic E-state index is 13.0. The lowest BCUT2D eigenvalue weighted by atomic mass is 9.91. The standard InChI is InChI=1S/C21H19NO6.C18H20BrNO6/c1-13(23)27-17-18(24)21(2,15-10-7-11-16(12-15)26-3)28-20(17)22-19(25)14-8-5-4-6-9-14;1-11(21)25-15-16(23)18(2,12-6-4-7-13(10-12)24-3)26-17(15)20-14(22)8-5-9-19/h4-12H,1-3H3,(H,22,25);4,6-7,10H,5,8-9H2,1-3H3,(H,20,22). The van der Waals surface area contributed by atoms with E-state index in [1.807, 2.05) is 0 Å². The van der Waals surface area contributed by atoms with Crippen LogP contribution in [0.1, 0.15) is 62.0 Å². The summed E-state index contributed by atoms with van der Waals surface area (Å²) in [5.74, 6) is -3.31. The number of methoxy groups -OCH3 is 2. The van der Waals surface area contributed by atoms with E-state index >= 15 is 0 Å². The third kappa shape index (κ3) is 9.33. The molecule has 0 aliphatic carbocycles. The van der Waals surface area contributed by atoms with Gasteiger partial charge in [-0.25, -0.2) is 0 Å². The minimum atomic E-state index is -1.49. The number of halogens is 1. The Balaban J connectivity index is 0.000000241. The smallest absolute Gasteiger partial charge is 0.308 e. The Kier molecular flexibility index (Phi) is 13.4. The number of benzene rings is 3. The van der Waals surface area contributed by atoms with Crippen molar-refractivity contribution < 1.29 is 57.2 Å². The first kappa shape index (κ1) is 40.8. The third-order valence-corrected chi connectivity index (χ3v) is 8.65. The van der Waals surface area contributed by atoms with Crippen molar-refractivity contribution in [2.45, 2.75) is 51.7 Å².